The van der Waals surface area contributed by atoms with Gasteiger partial charge in [0.05, 0.1) is 4.90 Å². The van der Waals surface area contributed by atoms with E-state index in [4.69, 9.17) is 0 Å². The summed E-state index contributed by atoms with van der Waals surface area (Å²) in [5.74, 6) is -0.223. The number of benzene rings is 1. The summed E-state index contributed by atoms with van der Waals surface area (Å²) in [5, 5.41) is 6.21. The summed E-state index contributed by atoms with van der Waals surface area (Å²) >= 11 is 0. The lowest BCUT2D eigenvalue weighted by Crippen LogP contribution is -2.37. The van der Waals surface area contributed by atoms with Gasteiger partial charge in [-0.25, -0.2) is 8.42 Å². The predicted octanol–water partition coefficient (Wildman–Crippen LogP) is 1.76. The summed E-state index contributed by atoms with van der Waals surface area (Å²) in [6.45, 7) is 2.68. The summed E-state index contributed by atoms with van der Waals surface area (Å²) in [5.41, 5.74) is 0.395. The Labute approximate surface area is 155 Å². The molecule has 1 amide bonds. The van der Waals surface area contributed by atoms with Gasteiger partial charge in [0.1, 0.15) is 0 Å². The van der Waals surface area contributed by atoms with Gasteiger partial charge in [-0.3, -0.25) is 4.79 Å². The first-order valence-corrected chi connectivity index (χ1v) is 10.1. The van der Waals surface area contributed by atoms with Crippen molar-refractivity contribution in [1.82, 2.24) is 14.9 Å². The molecule has 2 fully saturated rings. The number of carbonyl (C=O) groups excluding carboxylic acids is 1. The van der Waals surface area contributed by atoms with E-state index in [2.05, 4.69) is 10.6 Å². The fraction of sp³-hybridized carbons (Fsp3) is 0.588. The summed E-state index contributed by atoms with van der Waals surface area (Å²) in [6.07, 6.45) is 5.05. The Kier molecular flexibility index (Phi) is 7.25. The van der Waals surface area contributed by atoms with E-state index in [-0.39, 0.29) is 23.2 Å². The molecule has 2 heterocycles. The number of halogens is 1. The number of sulfonamides is 1. The van der Waals surface area contributed by atoms with E-state index in [1.807, 2.05) is 0 Å². The molecule has 2 aliphatic heterocycles. The fourth-order valence-corrected chi connectivity index (χ4v) is 4.86. The van der Waals surface area contributed by atoms with Gasteiger partial charge in [-0.2, -0.15) is 4.31 Å². The Hall–Kier alpha value is -1.15. The zero-order valence-electron chi connectivity index (χ0n) is 14.2. The highest BCUT2D eigenvalue weighted by atomic mass is 35.5. The molecule has 140 valence electrons. The van der Waals surface area contributed by atoms with Gasteiger partial charge in [0.25, 0.3) is 5.91 Å². The summed E-state index contributed by atoms with van der Waals surface area (Å²) in [7, 11) is -3.51. The molecule has 0 aromatic heterocycles. The average Bonchev–Trinajstić information content (AvgIpc) is 3.14. The van der Waals surface area contributed by atoms with Gasteiger partial charge in [-0.1, -0.05) is 12.5 Å². The van der Waals surface area contributed by atoms with Crippen molar-refractivity contribution in [3.8, 4) is 0 Å². The van der Waals surface area contributed by atoms with Crippen LogP contribution in [-0.2, 0) is 10.0 Å². The molecule has 6 nitrogen and oxygen atoms in total. The van der Waals surface area contributed by atoms with Gasteiger partial charge in [0, 0.05) is 31.2 Å². The van der Waals surface area contributed by atoms with Crippen molar-refractivity contribution < 1.29 is 13.2 Å². The standard InChI is InChI=1S/C17H25N3O3S.ClH/c21-17(19-13-15-7-5-9-18-15)14-6-4-8-16(12-14)24(22,23)20-10-2-1-3-11-20;/h4,6,8,12,15,18H,1-3,5,7,9-11,13H2,(H,19,21);1H. The summed E-state index contributed by atoms with van der Waals surface area (Å²) in [4.78, 5) is 12.5. The van der Waals surface area contributed by atoms with E-state index in [0.29, 0.717) is 31.2 Å². The number of carbonyl (C=O) groups is 1. The Morgan fingerprint density at radius 3 is 2.64 bits per heavy atom. The highest BCUT2D eigenvalue weighted by molar-refractivity contribution is 7.89. The molecule has 2 aliphatic rings. The second-order valence-electron chi connectivity index (χ2n) is 6.50. The van der Waals surface area contributed by atoms with Crippen LogP contribution in [0.5, 0.6) is 0 Å². The van der Waals surface area contributed by atoms with Crippen LogP contribution in [-0.4, -0.2) is 50.9 Å². The maximum absolute atomic E-state index is 12.7. The van der Waals surface area contributed by atoms with Crippen molar-refractivity contribution in [2.45, 2.75) is 43.0 Å². The van der Waals surface area contributed by atoms with E-state index < -0.39 is 10.0 Å². The first-order chi connectivity index (χ1) is 11.6. The molecule has 1 aromatic carbocycles. The molecular weight excluding hydrogens is 362 g/mol. The predicted molar refractivity (Wildman–Crippen MR) is 99.7 cm³/mol. The normalized spacial score (nSPS) is 21.5. The molecule has 0 aliphatic carbocycles. The van der Waals surface area contributed by atoms with Crippen LogP contribution in [0.3, 0.4) is 0 Å². The molecule has 2 N–H and O–H groups in total. The number of hydrogen-bond acceptors (Lipinski definition) is 4. The van der Waals surface area contributed by atoms with Crippen LogP contribution in [0.15, 0.2) is 29.2 Å². The van der Waals surface area contributed by atoms with Crippen LogP contribution < -0.4 is 10.6 Å². The van der Waals surface area contributed by atoms with Crippen LogP contribution in [0.1, 0.15) is 42.5 Å². The zero-order chi connectivity index (χ0) is 17.0. The van der Waals surface area contributed by atoms with Gasteiger partial charge in [-0.05, 0) is 50.4 Å². The second kappa shape index (κ2) is 8.98. The molecule has 0 saturated carbocycles. The number of hydrogen-bond donors (Lipinski definition) is 2. The molecule has 3 rings (SSSR count). The summed E-state index contributed by atoms with van der Waals surface area (Å²) in [6, 6.07) is 6.67. The fourth-order valence-electron chi connectivity index (χ4n) is 3.30. The number of nitrogens with one attached hydrogen (secondary N) is 2. The van der Waals surface area contributed by atoms with Gasteiger partial charge < -0.3 is 10.6 Å². The quantitative estimate of drug-likeness (QED) is 0.807. The number of rotatable bonds is 5. The van der Waals surface area contributed by atoms with Crippen molar-refractivity contribution in [1.29, 1.82) is 0 Å². The molecule has 0 bridgehead atoms. The van der Waals surface area contributed by atoms with Crippen LogP contribution in [0, 0.1) is 0 Å². The Morgan fingerprint density at radius 2 is 1.96 bits per heavy atom. The SMILES string of the molecule is Cl.O=C(NCC1CCCN1)c1cccc(S(=O)(=O)N2CCCCC2)c1. The lowest BCUT2D eigenvalue weighted by molar-refractivity contribution is 0.0950. The molecule has 1 unspecified atom stereocenters. The van der Waals surface area contributed by atoms with Gasteiger partial charge in [0.15, 0.2) is 0 Å². The van der Waals surface area contributed by atoms with Crippen LogP contribution in [0.2, 0.25) is 0 Å². The lowest BCUT2D eigenvalue weighted by Gasteiger charge is -2.26. The first kappa shape index (κ1) is 20.2. The van der Waals surface area contributed by atoms with Crippen LogP contribution in [0.4, 0.5) is 0 Å². The minimum absolute atomic E-state index is 0. The lowest BCUT2D eigenvalue weighted by atomic mass is 10.2. The molecule has 1 atom stereocenters. The minimum atomic E-state index is -3.51. The highest BCUT2D eigenvalue weighted by Crippen LogP contribution is 2.21. The third kappa shape index (κ3) is 4.94. The third-order valence-corrected chi connectivity index (χ3v) is 6.62. The second-order valence-corrected chi connectivity index (χ2v) is 8.43. The Morgan fingerprint density at radius 1 is 1.20 bits per heavy atom. The van der Waals surface area contributed by atoms with Gasteiger partial charge >= 0.3 is 0 Å². The van der Waals surface area contributed by atoms with E-state index >= 15 is 0 Å². The van der Waals surface area contributed by atoms with Gasteiger partial charge in [-0.15, -0.1) is 12.4 Å². The van der Waals surface area contributed by atoms with Crippen molar-refractivity contribution in [2.24, 2.45) is 0 Å². The largest absolute Gasteiger partial charge is 0.350 e. The van der Waals surface area contributed by atoms with Crippen molar-refractivity contribution in [3.05, 3.63) is 29.8 Å². The number of piperidine rings is 1. The van der Waals surface area contributed by atoms with E-state index in [9.17, 15) is 13.2 Å². The highest BCUT2D eigenvalue weighted by Gasteiger charge is 2.26. The molecule has 0 spiro atoms. The zero-order valence-corrected chi connectivity index (χ0v) is 15.9. The Bertz CT molecular complexity index is 684. The molecule has 0 radical (unpaired) electrons. The molecule has 1 aromatic rings. The van der Waals surface area contributed by atoms with Gasteiger partial charge in [0.2, 0.25) is 10.0 Å². The smallest absolute Gasteiger partial charge is 0.251 e. The Balaban J connectivity index is 0.00000225. The molecule has 25 heavy (non-hydrogen) atoms. The number of nitrogens with zero attached hydrogens (tertiary/aromatic N) is 1. The maximum Gasteiger partial charge on any atom is 0.251 e. The molecule has 8 heteroatoms. The summed E-state index contributed by atoms with van der Waals surface area (Å²) < 4.78 is 27.0. The van der Waals surface area contributed by atoms with Crippen molar-refractivity contribution in [2.75, 3.05) is 26.2 Å². The number of amides is 1. The molecule has 2 saturated heterocycles. The van der Waals surface area contributed by atoms with E-state index in [0.717, 1.165) is 38.6 Å². The van der Waals surface area contributed by atoms with Crippen molar-refractivity contribution in [3.63, 3.8) is 0 Å². The molecular formula is C17H26ClN3O3S. The van der Waals surface area contributed by atoms with Crippen LogP contribution in [0.25, 0.3) is 0 Å². The topological polar surface area (TPSA) is 78.5 Å². The monoisotopic (exact) mass is 387 g/mol. The van der Waals surface area contributed by atoms with Crippen molar-refractivity contribution >= 4 is 28.3 Å². The third-order valence-electron chi connectivity index (χ3n) is 4.72. The maximum atomic E-state index is 12.7. The first-order valence-electron chi connectivity index (χ1n) is 8.69. The van der Waals surface area contributed by atoms with E-state index in [1.165, 1.54) is 10.4 Å². The average molecular weight is 388 g/mol. The van der Waals surface area contributed by atoms with E-state index in [1.54, 1.807) is 18.2 Å². The minimum Gasteiger partial charge on any atom is -0.350 e. The van der Waals surface area contributed by atoms with Crippen LogP contribution >= 0.6 is 12.4 Å².